The van der Waals surface area contributed by atoms with Crippen LogP contribution >= 0.6 is 0 Å². The third-order valence-electron chi connectivity index (χ3n) is 13.3. The summed E-state index contributed by atoms with van der Waals surface area (Å²) in [6.07, 6.45) is 82.7. The van der Waals surface area contributed by atoms with Crippen LogP contribution in [0.1, 0.15) is 297 Å². The van der Waals surface area contributed by atoms with Crippen LogP contribution < -0.4 is 0 Å². The molecule has 0 aromatic carbocycles. The van der Waals surface area contributed by atoms with Gasteiger partial charge in [0.2, 0.25) is 0 Å². The van der Waals surface area contributed by atoms with Crippen molar-refractivity contribution in [2.75, 3.05) is 13.2 Å². The zero-order valence-electron chi connectivity index (χ0n) is 48.6. The molecule has 0 amide bonds. The summed E-state index contributed by atoms with van der Waals surface area (Å²) in [7, 11) is 0. The van der Waals surface area contributed by atoms with Crippen molar-refractivity contribution in [3.8, 4) is 0 Å². The highest BCUT2D eigenvalue weighted by atomic mass is 16.6. The number of unbranched alkanes of at least 4 members (excludes halogenated alkanes) is 29. The smallest absolute Gasteiger partial charge is 0.306 e. The van der Waals surface area contributed by atoms with Crippen molar-refractivity contribution in [1.29, 1.82) is 0 Å². The van der Waals surface area contributed by atoms with Gasteiger partial charge in [-0.05, 0) is 103 Å². The number of carbonyl (C=O) groups is 3. The van der Waals surface area contributed by atoms with Crippen molar-refractivity contribution in [3.05, 3.63) is 97.2 Å². The van der Waals surface area contributed by atoms with E-state index in [1.54, 1.807) is 0 Å². The summed E-state index contributed by atoms with van der Waals surface area (Å²) in [5.74, 6) is -0.886. The van der Waals surface area contributed by atoms with E-state index in [0.29, 0.717) is 19.3 Å². The van der Waals surface area contributed by atoms with Crippen LogP contribution in [0, 0.1) is 0 Å². The highest BCUT2D eigenvalue weighted by Crippen LogP contribution is 2.16. The van der Waals surface area contributed by atoms with Crippen molar-refractivity contribution >= 4 is 17.9 Å². The quantitative estimate of drug-likeness (QED) is 0.0261. The molecule has 0 N–H and O–H groups in total. The van der Waals surface area contributed by atoms with Crippen LogP contribution in [0.25, 0.3) is 0 Å². The number of ether oxygens (including phenoxy) is 3. The van der Waals surface area contributed by atoms with Gasteiger partial charge in [-0.15, -0.1) is 0 Å². The molecule has 0 rings (SSSR count). The monoisotopic (exact) mass is 1030 g/mol. The first-order valence-corrected chi connectivity index (χ1v) is 31.2. The molecule has 6 heteroatoms. The van der Waals surface area contributed by atoms with Gasteiger partial charge in [0.15, 0.2) is 6.10 Å². The second-order valence-corrected chi connectivity index (χ2v) is 20.6. The van der Waals surface area contributed by atoms with Crippen LogP contribution in [-0.4, -0.2) is 37.2 Å². The Kier molecular flexibility index (Phi) is 58.8. The third-order valence-corrected chi connectivity index (χ3v) is 13.3. The average Bonchev–Trinajstić information content (AvgIpc) is 3.40. The van der Waals surface area contributed by atoms with Crippen LogP contribution in [0.2, 0.25) is 0 Å². The molecule has 1 unspecified atom stereocenters. The largest absolute Gasteiger partial charge is 0.462 e. The molecule has 0 fully saturated rings. The number of hydrogen-bond donors (Lipinski definition) is 0. The Morgan fingerprint density at radius 1 is 0.284 bits per heavy atom. The first-order chi connectivity index (χ1) is 36.5. The van der Waals surface area contributed by atoms with Crippen molar-refractivity contribution in [2.24, 2.45) is 0 Å². The highest BCUT2D eigenvalue weighted by molar-refractivity contribution is 5.71. The van der Waals surface area contributed by atoms with E-state index in [1.165, 1.54) is 148 Å². The fraction of sp³-hybridized carbons (Fsp3) is 0.721. The molecule has 74 heavy (non-hydrogen) atoms. The summed E-state index contributed by atoms with van der Waals surface area (Å²) in [6, 6.07) is 0. The van der Waals surface area contributed by atoms with Crippen molar-refractivity contribution < 1.29 is 28.6 Å². The standard InChI is InChI=1S/C68H116O6/c1-4-7-10-13-16-19-22-24-26-28-29-30-31-32-33-34-35-36-37-38-39-41-42-44-46-49-52-55-58-61-67(70)73-64-65(63-72-66(69)60-57-54-51-48-21-18-15-12-9-6-3)74-68(71)62-59-56-53-50-47-45-43-40-27-25-23-20-17-14-11-8-5-2/h7,10,16-17,19-20,24-27,29-30,32-33,35-36,65H,4-6,8-9,11-15,18,21-23,28,31,34,37-64H2,1-3H3/b10-7-,19-16-,20-17-,26-24-,27-25-,30-29-,33-32-,36-35-. The van der Waals surface area contributed by atoms with E-state index in [1.807, 2.05) is 0 Å². The average molecular weight is 1030 g/mol. The first kappa shape index (κ1) is 70.3. The van der Waals surface area contributed by atoms with Crippen LogP contribution in [0.3, 0.4) is 0 Å². The molecule has 424 valence electrons. The zero-order chi connectivity index (χ0) is 53.6. The predicted octanol–water partition coefficient (Wildman–Crippen LogP) is 21.3. The Morgan fingerprint density at radius 3 is 0.851 bits per heavy atom. The molecule has 0 aliphatic heterocycles. The summed E-state index contributed by atoms with van der Waals surface area (Å²) in [5.41, 5.74) is 0. The molecule has 0 radical (unpaired) electrons. The SMILES string of the molecule is CC/C=C\C/C=C\C/C=C\C/C=C\C/C=C\C/C=C\CCCCCCCCCCCCC(=O)OCC(COC(=O)CCCCCCCCCCCC)OC(=O)CCCCCCCCC/C=C\C/C=C\CCCCC. The maximum Gasteiger partial charge on any atom is 0.306 e. The summed E-state index contributed by atoms with van der Waals surface area (Å²) in [5, 5.41) is 0. The normalized spacial score (nSPS) is 12.7. The Balaban J connectivity index is 4.24. The van der Waals surface area contributed by atoms with Gasteiger partial charge < -0.3 is 14.2 Å². The molecule has 0 saturated carbocycles. The van der Waals surface area contributed by atoms with Gasteiger partial charge in [-0.1, -0.05) is 272 Å². The second-order valence-electron chi connectivity index (χ2n) is 20.6. The van der Waals surface area contributed by atoms with Crippen molar-refractivity contribution in [3.63, 3.8) is 0 Å². The topological polar surface area (TPSA) is 78.9 Å². The van der Waals surface area contributed by atoms with E-state index in [-0.39, 0.29) is 31.1 Å². The molecule has 0 aromatic rings. The lowest BCUT2D eigenvalue weighted by Crippen LogP contribution is -2.30. The molecule has 0 aliphatic carbocycles. The van der Waals surface area contributed by atoms with E-state index in [2.05, 4.69) is 118 Å². The highest BCUT2D eigenvalue weighted by Gasteiger charge is 2.19. The summed E-state index contributed by atoms with van der Waals surface area (Å²) < 4.78 is 16.9. The lowest BCUT2D eigenvalue weighted by Gasteiger charge is -2.18. The number of rotatable bonds is 56. The fourth-order valence-electron chi connectivity index (χ4n) is 8.65. The number of allylic oxidation sites excluding steroid dienone is 16. The molecule has 0 aliphatic rings. The van der Waals surface area contributed by atoms with Gasteiger partial charge in [0.05, 0.1) is 0 Å². The van der Waals surface area contributed by atoms with Gasteiger partial charge >= 0.3 is 17.9 Å². The lowest BCUT2D eigenvalue weighted by molar-refractivity contribution is -0.167. The van der Waals surface area contributed by atoms with Crippen LogP contribution in [0.4, 0.5) is 0 Å². The third kappa shape index (κ3) is 59.2. The molecule has 6 nitrogen and oxygen atoms in total. The van der Waals surface area contributed by atoms with Gasteiger partial charge in [-0.3, -0.25) is 14.4 Å². The van der Waals surface area contributed by atoms with Crippen LogP contribution in [0.15, 0.2) is 97.2 Å². The molecule has 0 spiro atoms. The van der Waals surface area contributed by atoms with Crippen LogP contribution in [0.5, 0.6) is 0 Å². The fourth-order valence-corrected chi connectivity index (χ4v) is 8.65. The van der Waals surface area contributed by atoms with Gasteiger partial charge in [-0.2, -0.15) is 0 Å². The summed E-state index contributed by atoms with van der Waals surface area (Å²) in [4.78, 5) is 38.2. The van der Waals surface area contributed by atoms with Crippen molar-refractivity contribution in [2.45, 2.75) is 303 Å². The minimum Gasteiger partial charge on any atom is -0.462 e. The van der Waals surface area contributed by atoms with Crippen LogP contribution in [-0.2, 0) is 28.6 Å². The van der Waals surface area contributed by atoms with E-state index >= 15 is 0 Å². The lowest BCUT2D eigenvalue weighted by atomic mass is 10.1. The minimum absolute atomic E-state index is 0.0793. The molecule has 0 heterocycles. The number of carbonyl (C=O) groups excluding carboxylic acids is 3. The Bertz CT molecular complexity index is 1460. The minimum atomic E-state index is -0.782. The maximum absolute atomic E-state index is 12.9. The second kappa shape index (κ2) is 61.9. The number of esters is 3. The van der Waals surface area contributed by atoms with E-state index in [4.69, 9.17) is 14.2 Å². The van der Waals surface area contributed by atoms with E-state index < -0.39 is 6.10 Å². The van der Waals surface area contributed by atoms with E-state index in [0.717, 1.165) is 109 Å². The molecular formula is C68H116O6. The van der Waals surface area contributed by atoms with Gasteiger partial charge in [0.1, 0.15) is 13.2 Å². The maximum atomic E-state index is 12.9. The summed E-state index contributed by atoms with van der Waals surface area (Å²) >= 11 is 0. The van der Waals surface area contributed by atoms with Gasteiger partial charge in [-0.25, -0.2) is 0 Å². The molecular weight excluding hydrogens is 913 g/mol. The molecule has 0 bridgehead atoms. The first-order valence-electron chi connectivity index (χ1n) is 31.2. The molecule has 1 atom stereocenters. The Labute approximate surface area is 457 Å². The van der Waals surface area contributed by atoms with Gasteiger partial charge in [0, 0.05) is 19.3 Å². The summed E-state index contributed by atoms with van der Waals surface area (Å²) in [6.45, 7) is 6.50. The molecule has 0 aromatic heterocycles. The predicted molar refractivity (Wildman–Crippen MR) is 320 cm³/mol. The zero-order valence-corrected chi connectivity index (χ0v) is 48.6. The Hall–Kier alpha value is -3.67. The Morgan fingerprint density at radius 2 is 0.527 bits per heavy atom. The van der Waals surface area contributed by atoms with Crippen molar-refractivity contribution in [1.82, 2.24) is 0 Å². The molecule has 0 saturated heterocycles. The van der Waals surface area contributed by atoms with Gasteiger partial charge in [0.25, 0.3) is 0 Å². The van der Waals surface area contributed by atoms with E-state index in [9.17, 15) is 14.4 Å². The number of hydrogen-bond acceptors (Lipinski definition) is 6.